The second-order valence-electron chi connectivity index (χ2n) is 4.00. The van der Waals surface area contributed by atoms with Crippen molar-refractivity contribution in [3.8, 4) is 6.07 Å². The molecule has 3 heteroatoms. The molecule has 3 atom stereocenters. The first-order valence-corrected chi connectivity index (χ1v) is 5.58. The van der Waals surface area contributed by atoms with Gasteiger partial charge in [-0.3, -0.25) is 0 Å². The monoisotopic (exact) mass is 196 g/mol. The summed E-state index contributed by atoms with van der Waals surface area (Å²) in [5, 5.41) is 8.80. The molecule has 0 saturated heterocycles. The molecule has 0 heterocycles. The molecule has 1 aliphatic rings. The first-order chi connectivity index (χ1) is 6.77. The van der Waals surface area contributed by atoms with E-state index >= 15 is 0 Å². The molecule has 1 saturated carbocycles. The molecule has 1 rings (SSSR count). The highest BCUT2D eigenvalue weighted by atomic mass is 16.5. The quantitative estimate of drug-likeness (QED) is 0.702. The summed E-state index contributed by atoms with van der Waals surface area (Å²) in [4.78, 5) is 0. The molecule has 0 amide bonds. The lowest BCUT2D eigenvalue weighted by molar-refractivity contribution is -0.00279. The minimum absolute atomic E-state index is 0.0992. The van der Waals surface area contributed by atoms with Crippen LogP contribution in [0.3, 0.4) is 0 Å². The summed E-state index contributed by atoms with van der Waals surface area (Å²) in [6.45, 7) is 1.97. The predicted molar refractivity (Wildman–Crippen MR) is 55.6 cm³/mol. The second kappa shape index (κ2) is 6.00. The fourth-order valence-electron chi connectivity index (χ4n) is 1.90. The first-order valence-electron chi connectivity index (χ1n) is 5.58. The average molecular weight is 196 g/mol. The van der Waals surface area contributed by atoms with Gasteiger partial charge in [-0.25, -0.2) is 0 Å². The summed E-state index contributed by atoms with van der Waals surface area (Å²) in [5.41, 5.74) is 6.00. The van der Waals surface area contributed by atoms with Crippen LogP contribution in [0.2, 0.25) is 0 Å². The van der Waals surface area contributed by atoms with Gasteiger partial charge in [0.05, 0.1) is 12.2 Å². The van der Waals surface area contributed by atoms with Crippen molar-refractivity contribution in [2.24, 2.45) is 5.73 Å². The van der Waals surface area contributed by atoms with E-state index in [2.05, 4.69) is 6.07 Å². The van der Waals surface area contributed by atoms with Crippen molar-refractivity contribution in [2.75, 3.05) is 0 Å². The van der Waals surface area contributed by atoms with Crippen LogP contribution in [-0.2, 0) is 4.74 Å². The largest absolute Gasteiger partial charge is 0.358 e. The lowest BCUT2D eigenvalue weighted by atomic mass is 10.1. The Morgan fingerprint density at radius 2 is 2.14 bits per heavy atom. The molecule has 2 N–H and O–H groups in total. The van der Waals surface area contributed by atoms with Gasteiger partial charge >= 0.3 is 0 Å². The van der Waals surface area contributed by atoms with Crippen molar-refractivity contribution in [1.29, 1.82) is 5.26 Å². The third-order valence-corrected chi connectivity index (χ3v) is 2.86. The number of hydrogen-bond acceptors (Lipinski definition) is 3. The maximum absolute atomic E-state index is 8.80. The predicted octanol–water partition coefficient (Wildman–Crippen LogP) is 1.97. The molecule has 1 fully saturated rings. The van der Waals surface area contributed by atoms with Gasteiger partial charge in [-0.15, -0.1) is 0 Å². The van der Waals surface area contributed by atoms with Gasteiger partial charge in [0.25, 0.3) is 0 Å². The molecule has 14 heavy (non-hydrogen) atoms. The van der Waals surface area contributed by atoms with Crippen LogP contribution in [0.4, 0.5) is 0 Å². The van der Waals surface area contributed by atoms with Gasteiger partial charge in [0.15, 0.2) is 0 Å². The van der Waals surface area contributed by atoms with E-state index in [-0.39, 0.29) is 18.2 Å². The van der Waals surface area contributed by atoms with Gasteiger partial charge in [-0.05, 0) is 19.3 Å². The summed E-state index contributed by atoms with van der Waals surface area (Å²) < 4.78 is 5.70. The Morgan fingerprint density at radius 1 is 1.43 bits per heavy atom. The van der Waals surface area contributed by atoms with Gasteiger partial charge in [-0.1, -0.05) is 26.2 Å². The van der Waals surface area contributed by atoms with E-state index in [0.717, 1.165) is 19.3 Å². The van der Waals surface area contributed by atoms with Crippen LogP contribution >= 0.6 is 0 Å². The standard InChI is InChI=1S/C11H20N2O/c1-2-9(8-12)14-11-7-5-3-4-6-10(11)13/h9-11H,2-7,13H2,1H3. The van der Waals surface area contributed by atoms with Crippen LogP contribution in [0.1, 0.15) is 45.4 Å². The van der Waals surface area contributed by atoms with Crippen LogP contribution in [0.25, 0.3) is 0 Å². The van der Waals surface area contributed by atoms with E-state index in [0.29, 0.717) is 0 Å². The number of nitriles is 1. The van der Waals surface area contributed by atoms with E-state index in [4.69, 9.17) is 15.7 Å². The molecule has 3 unspecified atom stereocenters. The van der Waals surface area contributed by atoms with Crippen LogP contribution in [-0.4, -0.2) is 18.2 Å². The Bertz CT molecular complexity index is 200. The Kier molecular flexibility index (Phi) is 4.92. The van der Waals surface area contributed by atoms with Crippen molar-refractivity contribution >= 4 is 0 Å². The lowest BCUT2D eigenvalue weighted by Gasteiger charge is -2.23. The van der Waals surface area contributed by atoms with Gasteiger partial charge in [0.1, 0.15) is 6.10 Å². The lowest BCUT2D eigenvalue weighted by Crippen LogP contribution is -2.38. The molecule has 80 valence electrons. The Balaban J connectivity index is 2.44. The van der Waals surface area contributed by atoms with Gasteiger partial charge in [-0.2, -0.15) is 5.26 Å². The summed E-state index contributed by atoms with van der Waals surface area (Å²) in [6.07, 6.45) is 6.25. The normalized spacial score (nSPS) is 30.4. The Morgan fingerprint density at radius 3 is 2.79 bits per heavy atom. The fourth-order valence-corrected chi connectivity index (χ4v) is 1.90. The van der Waals surface area contributed by atoms with Crippen LogP contribution in [0, 0.1) is 11.3 Å². The number of ether oxygens (including phenoxy) is 1. The molecule has 0 spiro atoms. The topological polar surface area (TPSA) is 59.0 Å². The smallest absolute Gasteiger partial charge is 0.144 e. The summed E-state index contributed by atoms with van der Waals surface area (Å²) in [5.74, 6) is 0. The summed E-state index contributed by atoms with van der Waals surface area (Å²) >= 11 is 0. The first kappa shape index (κ1) is 11.5. The molecular formula is C11H20N2O. The molecule has 0 aliphatic heterocycles. The van der Waals surface area contributed by atoms with Gasteiger partial charge in [0, 0.05) is 6.04 Å². The molecule has 0 aromatic rings. The fraction of sp³-hybridized carbons (Fsp3) is 0.909. The highest BCUT2D eigenvalue weighted by Gasteiger charge is 2.23. The zero-order valence-electron chi connectivity index (χ0n) is 8.91. The highest BCUT2D eigenvalue weighted by Crippen LogP contribution is 2.20. The number of rotatable bonds is 3. The summed E-state index contributed by atoms with van der Waals surface area (Å²) in [7, 11) is 0. The van der Waals surface area contributed by atoms with Crippen molar-refractivity contribution in [3.63, 3.8) is 0 Å². The van der Waals surface area contributed by atoms with Gasteiger partial charge < -0.3 is 10.5 Å². The van der Waals surface area contributed by atoms with E-state index in [9.17, 15) is 0 Å². The van der Waals surface area contributed by atoms with Crippen LogP contribution in [0.15, 0.2) is 0 Å². The molecule has 0 aromatic carbocycles. The van der Waals surface area contributed by atoms with E-state index in [1.807, 2.05) is 6.92 Å². The molecule has 0 aromatic heterocycles. The maximum atomic E-state index is 8.80. The minimum Gasteiger partial charge on any atom is -0.358 e. The van der Waals surface area contributed by atoms with E-state index in [1.54, 1.807) is 0 Å². The van der Waals surface area contributed by atoms with Crippen molar-refractivity contribution in [1.82, 2.24) is 0 Å². The van der Waals surface area contributed by atoms with E-state index in [1.165, 1.54) is 19.3 Å². The van der Waals surface area contributed by atoms with Crippen molar-refractivity contribution in [3.05, 3.63) is 0 Å². The minimum atomic E-state index is -0.274. The highest BCUT2D eigenvalue weighted by molar-refractivity contribution is 4.86. The zero-order valence-corrected chi connectivity index (χ0v) is 8.91. The third kappa shape index (κ3) is 3.28. The Hall–Kier alpha value is -0.590. The van der Waals surface area contributed by atoms with Gasteiger partial charge in [0.2, 0.25) is 0 Å². The Labute approximate surface area is 86.2 Å². The SMILES string of the molecule is CCC(C#N)OC1CCCCCC1N. The number of nitrogens with zero attached hydrogens (tertiary/aromatic N) is 1. The molecule has 0 bridgehead atoms. The second-order valence-corrected chi connectivity index (χ2v) is 4.00. The number of hydrogen-bond donors (Lipinski definition) is 1. The average Bonchev–Trinajstić information content (AvgIpc) is 2.40. The van der Waals surface area contributed by atoms with Crippen LogP contribution < -0.4 is 5.73 Å². The molecule has 0 radical (unpaired) electrons. The third-order valence-electron chi connectivity index (χ3n) is 2.86. The molecule has 3 nitrogen and oxygen atoms in total. The summed E-state index contributed by atoms with van der Waals surface area (Å²) in [6, 6.07) is 2.29. The zero-order chi connectivity index (χ0) is 10.4. The van der Waals surface area contributed by atoms with E-state index < -0.39 is 0 Å². The van der Waals surface area contributed by atoms with Crippen molar-refractivity contribution < 1.29 is 4.74 Å². The maximum Gasteiger partial charge on any atom is 0.144 e. The van der Waals surface area contributed by atoms with Crippen LogP contribution in [0.5, 0.6) is 0 Å². The number of nitrogens with two attached hydrogens (primary N) is 1. The van der Waals surface area contributed by atoms with Crippen molar-refractivity contribution in [2.45, 2.75) is 63.7 Å². The molecule has 1 aliphatic carbocycles. The molecular weight excluding hydrogens is 176 g/mol.